The van der Waals surface area contributed by atoms with E-state index >= 15 is 0 Å². The number of hydrogen-bond donors (Lipinski definition) is 2. The molecule has 3 nitrogen and oxygen atoms in total. The third kappa shape index (κ3) is 3.70. The summed E-state index contributed by atoms with van der Waals surface area (Å²) in [5, 5.41) is 7.56. The van der Waals surface area contributed by atoms with Crippen molar-refractivity contribution in [2.75, 3.05) is 6.26 Å². The average molecular weight is 262 g/mol. The van der Waals surface area contributed by atoms with Crippen molar-refractivity contribution in [1.29, 1.82) is 5.41 Å². The second-order valence-corrected chi connectivity index (χ2v) is 8.93. The molecule has 0 aromatic heterocycles. The standard InChI is InChI=1S/C11H16ClNO2S/c1-3-10(13)8-9-4-6-11(7-5-9)16(2,12,14)15/h4-7,13H,3,8H2,1-2H3,(H,14,15). The molecular formula is C11H16ClNO2S. The largest absolute Gasteiger partial charge is 0.309 e. The number of hydrogen-bond acceptors (Lipinski definition) is 2. The summed E-state index contributed by atoms with van der Waals surface area (Å²) < 4.78 is 21.2. The number of nitrogens with one attached hydrogen (secondary N) is 1. The van der Waals surface area contributed by atoms with Crippen molar-refractivity contribution >= 4 is 25.0 Å². The van der Waals surface area contributed by atoms with Crippen LogP contribution in [0.3, 0.4) is 0 Å². The van der Waals surface area contributed by atoms with Gasteiger partial charge in [-0.15, -0.1) is 0 Å². The van der Waals surface area contributed by atoms with Crippen molar-refractivity contribution < 1.29 is 8.76 Å². The highest BCUT2D eigenvalue weighted by Gasteiger charge is 2.19. The van der Waals surface area contributed by atoms with Crippen LogP contribution in [0.1, 0.15) is 18.9 Å². The zero-order chi connectivity index (χ0) is 12.4. The molecule has 0 saturated heterocycles. The topological polar surface area (TPSA) is 61.2 Å². The second-order valence-electron chi connectivity index (χ2n) is 3.94. The molecule has 0 aliphatic rings. The Bertz CT molecular complexity index is 450. The van der Waals surface area contributed by atoms with Crippen molar-refractivity contribution in [3.05, 3.63) is 29.8 Å². The maximum Gasteiger partial charge on any atom is 0.0694 e. The Balaban J connectivity index is 2.93. The Labute approximate surface area is 100 Å². The molecule has 1 rings (SSSR count). The molecule has 0 bridgehead atoms. The van der Waals surface area contributed by atoms with Gasteiger partial charge in [0.1, 0.15) is 0 Å². The monoisotopic (exact) mass is 261 g/mol. The van der Waals surface area contributed by atoms with Crippen LogP contribution >= 0.6 is 10.7 Å². The molecule has 0 aliphatic carbocycles. The lowest BCUT2D eigenvalue weighted by Gasteiger charge is -2.30. The fraction of sp³-hybridized carbons (Fsp3) is 0.364. The predicted molar refractivity (Wildman–Crippen MR) is 69.0 cm³/mol. The van der Waals surface area contributed by atoms with Gasteiger partial charge in [0.05, 0.1) is 4.90 Å². The maximum atomic E-state index is 11.7. The molecule has 0 aliphatic heterocycles. The summed E-state index contributed by atoms with van der Waals surface area (Å²) in [7, 11) is 1.41. The number of rotatable bonds is 4. The van der Waals surface area contributed by atoms with Gasteiger partial charge in [-0.25, -0.2) is 0 Å². The summed E-state index contributed by atoms with van der Waals surface area (Å²) in [6.45, 7) is 1.93. The Morgan fingerprint density at radius 1 is 1.44 bits per heavy atom. The highest BCUT2D eigenvalue weighted by Crippen LogP contribution is 2.33. The molecule has 0 atom stereocenters. The fourth-order valence-electron chi connectivity index (χ4n) is 1.28. The Hall–Kier alpha value is -0.710. The first-order valence-corrected chi connectivity index (χ1v) is 8.11. The van der Waals surface area contributed by atoms with Crippen LogP contribution < -0.4 is 0 Å². The van der Waals surface area contributed by atoms with E-state index in [0.717, 1.165) is 11.8 Å². The maximum absolute atomic E-state index is 11.7. The molecule has 0 heterocycles. The zero-order valence-corrected chi connectivity index (χ0v) is 10.9. The van der Waals surface area contributed by atoms with E-state index in [4.69, 9.17) is 16.1 Å². The van der Waals surface area contributed by atoms with Crippen LogP contribution in [-0.4, -0.2) is 20.7 Å². The van der Waals surface area contributed by atoms with E-state index in [9.17, 15) is 8.76 Å². The summed E-state index contributed by atoms with van der Waals surface area (Å²) in [5.41, 5.74) is 1.58. The predicted octanol–water partition coefficient (Wildman–Crippen LogP) is 3.09. The molecule has 0 amide bonds. The lowest BCUT2D eigenvalue weighted by molar-refractivity contribution is 0.538. The van der Waals surface area contributed by atoms with Gasteiger partial charge < -0.3 is 5.41 Å². The van der Waals surface area contributed by atoms with E-state index in [1.807, 2.05) is 6.92 Å². The first kappa shape index (κ1) is 13.4. The van der Waals surface area contributed by atoms with Crippen LogP contribution in [0.5, 0.6) is 0 Å². The van der Waals surface area contributed by atoms with Gasteiger partial charge in [0.2, 0.25) is 0 Å². The Morgan fingerprint density at radius 2 is 1.94 bits per heavy atom. The van der Waals surface area contributed by atoms with Gasteiger partial charge in [-0.2, -0.15) is 4.21 Å². The van der Waals surface area contributed by atoms with Crippen LogP contribution in [0.4, 0.5) is 0 Å². The molecular weight excluding hydrogens is 246 g/mol. The van der Waals surface area contributed by atoms with Gasteiger partial charge in [0.15, 0.2) is 0 Å². The fourth-order valence-corrected chi connectivity index (χ4v) is 2.34. The molecule has 2 N–H and O–H groups in total. The summed E-state index contributed by atoms with van der Waals surface area (Å²) in [6.07, 6.45) is 2.40. The Morgan fingerprint density at radius 3 is 2.31 bits per heavy atom. The van der Waals surface area contributed by atoms with Gasteiger partial charge in [0, 0.05) is 29.1 Å². The summed E-state index contributed by atoms with van der Waals surface area (Å²) >= 11 is 0. The third-order valence-corrected chi connectivity index (χ3v) is 4.15. The summed E-state index contributed by atoms with van der Waals surface area (Å²) in [6, 6.07) is 6.55. The summed E-state index contributed by atoms with van der Waals surface area (Å²) in [5.74, 6) is 0. The van der Waals surface area contributed by atoms with E-state index in [0.29, 0.717) is 18.6 Å². The van der Waals surface area contributed by atoms with E-state index in [1.165, 1.54) is 0 Å². The van der Waals surface area contributed by atoms with Crippen LogP contribution in [0.25, 0.3) is 0 Å². The minimum absolute atomic E-state index is 0.213. The van der Waals surface area contributed by atoms with Crippen LogP contribution in [-0.2, 0) is 15.0 Å². The molecule has 1 aromatic carbocycles. The van der Waals surface area contributed by atoms with Crippen molar-refractivity contribution in [3.63, 3.8) is 0 Å². The molecule has 0 spiro atoms. The van der Waals surface area contributed by atoms with Crippen molar-refractivity contribution in [3.8, 4) is 0 Å². The van der Waals surface area contributed by atoms with Gasteiger partial charge in [-0.05, 0) is 24.1 Å². The van der Waals surface area contributed by atoms with Crippen LogP contribution in [0.15, 0.2) is 29.2 Å². The average Bonchev–Trinajstić information content (AvgIpc) is 2.16. The normalized spacial score (nSPS) is 14.1. The summed E-state index contributed by atoms with van der Waals surface area (Å²) in [4.78, 5) is 0.213. The molecule has 16 heavy (non-hydrogen) atoms. The second kappa shape index (κ2) is 4.28. The SMILES string of the molecule is CCC(=N)Cc1ccc(S(C)(=O)(O)Cl)cc1. The number of halogens is 1. The van der Waals surface area contributed by atoms with Crippen LogP contribution in [0.2, 0.25) is 0 Å². The lowest BCUT2D eigenvalue weighted by Crippen LogP contribution is -2.21. The van der Waals surface area contributed by atoms with Gasteiger partial charge in [0.25, 0.3) is 0 Å². The van der Waals surface area contributed by atoms with Crippen LogP contribution in [0, 0.1) is 5.41 Å². The van der Waals surface area contributed by atoms with Gasteiger partial charge in [-0.3, -0.25) is 4.55 Å². The smallest absolute Gasteiger partial charge is 0.0694 e. The quantitative estimate of drug-likeness (QED) is 0.646. The zero-order valence-electron chi connectivity index (χ0n) is 9.37. The van der Waals surface area contributed by atoms with Crippen molar-refractivity contribution in [2.45, 2.75) is 24.7 Å². The molecule has 1 aromatic rings. The minimum atomic E-state index is -4.16. The lowest BCUT2D eigenvalue weighted by atomic mass is 10.1. The highest BCUT2D eigenvalue weighted by molar-refractivity contribution is 8.33. The van der Waals surface area contributed by atoms with Gasteiger partial charge >= 0.3 is 0 Å². The number of benzene rings is 1. The minimum Gasteiger partial charge on any atom is -0.309 e. The van der Waals surface area contributed by atoms with E-state index < -0.39 is 8.56 Å². The molecule has 90 valence electrons. The molecule has 0 fully saturated rings. The van der Waals surface area contributed by atoms with E-state index in [1.54, 1.807) is 24.3 Å². The molecule has 5 heteroatoms. The first-order valence-electron chi connectivity index (χ1n) is 4.96. The third-order valence-electron chi connectivity index (χ3n) is 2.29. The molecule has 0 unspecified atom stereocenters. The van der Waals surface area contributed by atoms with Crippen molar-refractivity contribution in [1.82, 2.24) is 0 Å². The Kier molecular flexibility index (Phi) is 3.57. The van der Waals surface area contributed by atoms with Gasteiger partial charge in [-0.1, -0.05) is 27.6 Å². The first-order chi connectivity index (χ1) is 7.19. The van der Waals surface area contributed by atoms with E-state index in [-0.39, 0.29) is 4.90 Å². The molecule has 0 saturated carbocycles. The highest BCUT2D eigenvalue weighted by atomic mass is 35.7. The van der Waals surface area contributed by atoms with Crippen molar-refractivity contribution in [2.24, 2.45) is 0 Å². The van der Waals surface area contributed by atoms with E-state index in [2.05, 4.69) is 0 Å². The molecule has 0 radical (unpaired) electrons.